The van der Waals surface area contributed by atoms with Crippen LogP contribution in [0.5, 0.6) is 11.5 Å². The van der Waals surface area contributed by atoms with Crippen LogP contribution < -0.4 is 14.8 Å². The second kappa shape index (κ2) is 11.2. The molecule has 2 aromatic rings. The normalized spacial score (nSPS) is 10.7. The van der Waals surface area contributed by atoms with E-state index in [4.69, 9.17) is 21.1 Å². The van der Waals surface area contributed by atoms with E-state index in [0.717, 1.165) is 0 Å². The molecule has 0 aliphatic heterocycles. The summed E-state index contributed by atoms with van der Waals surface area (Å²) in [5.74, 6) is -0.197. The minimum absolute atomic E-state index is 0.116. The predicted octanol–water partition coefficient (Wildman–Crippen LogP) is 4.60. The minimum atomic E-state index is -0.570. The third kappa shape index (κ3) is 6.51. The maximum absolute atomic E-state index is 12.5. The summed E-state index contributed by atoms with van der Waals surface area (Å²) in [6, 6.07) is 11.8. The lowest BCUT2D eigenvalue weighted by atomic mass is 10.1. The van der Waals surface area contributed by atoms with Crippen molar-refractivity contribution in [1.29, 1.82) is 5.26 Å². The van der Waals surface area contributed by atoms with Crippen LogP contribution in [-0.4, -0.2) is 32.2 Å². The molecule has 0 atom stereocenters. The highest BCUT2D eigenvalue weighted by molar-refractivity contribution is 9.10. The zero-order chi connectivity index (χ0) is 22.1. The monoisotopic (exact) mass is 492 g/mol. The molecule has 0 aliphatic rings. The molecule has 0 aliphatic carbocycles. The fraction of sp³-hybridized carbons (Fsp3) is 0.190. The number of rotatable bonds is 8. The number of hydrogen-bond acceptors (Lipinski definition) is 6. The van der Waals surface area contributed by atoms with Crippen molar-refractivity contribution in [3.63, 3.8) is 0 Å². The molecule has 7 nitrogen and oxygen atoms in total. The SMILES string of the molecule is CCOc1ccc(NC(=O)/C(C#N)=C\c2cc(Cl)c(OCC(=O)OC)c(Br)c2)cc1. The Balaban J connectivity index is 2.17. The molecule has 1 amide bonds. The first-order chi connectivity index (χ1) is 14.4. The Kier molecular flexibility index (Phi) is 8.71. The highest BCUT2D eigenvalue weighted by Crippen LogP contribution is 2.35. The molecule has 0 heterocycles. The van der Waals surface area contributed by atoms with E-state index < -0.39 is 11.9 Å². The molecule has 0 saturated heterocycles. The van der Waals surface area contributed by atoms with Crippen LogP contribution in [0.15, 0.2) is 46.4 Å². The molecular weight excluding hydrogens is 476 g/mol. The van der Waals surface area contributed by atoms with E-state index in [1.807, 2.05) is 13.0 Å². The molecule has 0 bridgehead atoms. The predicted molar refractivity (Wildman–Crippen MR) is 116 cm³/mol. The number of methoxy groups -OCH3 is 1. The van der Waals surface area contributed by atoms with Crippen LogP contribution in [0.3, 0.4) is 0 Å². The van der Waals surface area contributed by atoms with Gasteiger partial charge in [-0.05, 0) is 70.9 Å². The van der Waals surface area contributed by atoms with Gasteiger partial charge in [0.15, 0.2) is 12.4 Å². The number of hydrogen-bond donors (Lipinski definition) is 1. The fourth-order valence-electron chi connectivity index (χ4n) is 2.31. The smallest absolute Gasteiger partial charge is 0.343 e. The van der Waals surface area contributed by atoms with Gasteiger partial charge in [0.2, 0.25) is 0 Å². The number of anilines is 1. The van der Waals surface area contributed by atoms with Crippen molar-refractivity contribution in [2.45, 2.75) is 6.92 Å². The Labute approximate surface area is 187 Å². The zero-order valence-corrected chi connectivity index (χ0v) is 18.5. The number of halogens is 2. The summed E-state index contributed by atoms with van der Waals surface area (Å²) in [7, 11) is 1.25. The summed E-state index contributed by atoms with van der Waals surface area (Å²) < 4.78 is 15.7. The van der Waals surface area contributed by atoms with Gasteiger partial charge in [-0.25, -0.2) is 4.79 Å². The fourth-order valence-corrected chi connectivity index (χ4v) is 3.29. The van der Waals surface area contributed by atoms with E-state index in [0.29, 0.717) is 28.1 Å². The second-order valence-electron chi connectivity index (χ2n) is 5.76. The highest BCUT2D eigenvalue weighted by atomic mass is 79.9. The first-order valence-electron chi connectivity index (χ1n) is 8.72. The van der Waals surface area contributed by atoms with Crippen molar-refractivity contribution < 1.29 is 23.8 Å². The quantitative estimate of drug-likeness (QED) is 0.328. The van der Waals surface area contributed by atoms with Gasteiger partial charge in [0, 0.05) is 5.69 Å². The van der Waals surface area contributed by atoms with Gasteiger partial charge in [0.1, 0.15) is 17.4 Å². The maximum atomic E-state index is 12.5. The molecule has 0 fully saturated rings. The van der Waals surface area contributed by atoms with Crippen LogP contribution >= 0.6 is 27.5 Å². The van der Waals surface area contributed by atoms with Crippen molar-refractivity contribution in [3.8, 4) is 17.6 Å². The van der Waals surface area contributed by atoms with Crippen LogP contribution in [0.1, 0.15) is 12.5 Å². The Morgan fingerprint density at radius 2 is 1.93 bits per heavy atom. The molecule has 156 valence electrons. The van der Waals surface area contributed by atoms with Gasteiger partial charge in [-0.3, -0.25) is 4.79 Å². The number of amides is 1. The van der Waals surface area contributed by atoms with Crippen LogP contribution in [0.25, 0.3) is 6.08 Å². The second-order valence-corrected chi connectivity index (χ2v) is 7.02. The molecule has 1 N–H and O–H groups in total. The largest absolute Gasteiger partial charge is 0.494 e. The molecule has 0 saturated carbocycles. The average Bonchev–Trinajstić information content (AvgIpc) is 2.72. The molecule has 0 radical (unpaired) electrons. The summed E-state index contributed by atoms with van der Waals surface area (Å²) >= 11 is 9.51. The third-order valence-corrected chi connectivity index (χ3v) is 4.55. The number of nitrogens with zero attached hydrogens (tertiary/aromatic N) is 1. The number of ether oxygens (including phenoxy) is 3. The molecule has 0 aromatic heterocycles. The van der Waals surface area contributed by atoms with E-state index in [1.54, 1.807) is 30.3 Å². The van der Waals surface area contributed by atoms with Crippen molar-refractivity contribution in [2.24, 2.45) is 0 Å². The summed E-state index contributed by atoms with van der Waals surface area (Å²) in [4.78, 5) is 23.7. The van der Waals surface area contributed by atoms with Gasteiger partial charge in [0.25, 0.3) is 5.91 Å². The molecule has 2 aromatic carbocycles. The maximum Gasteiger partial charge on any atom is 0.343 e. The number of esters is 1. The average molecular weight is 494 g/mol. The van der Waals surface area contributed by atoms with E-state index in [1.165, 1.54) is 19.3 Å². The van der Waals surface area contributed by atoms with Crippen molar-refractivity contribution in [1.82, 2.24) is 0 Å². The third-order valence-electron chi connectivity index (χ3n) is 3.68. The minimum Gasteiger partial charge on any atom is -0.494 e. The zero-order valence-electron chi connectivity index (χ0n) is 16.2. The topological polar surface area (TPSA) is 97.6 Å². The van der Waals surface area contributed by atoms with Crippen LogP contribution in [-0.2, 0) is 14.3 Å². The Bertz CT molecular complexity index is 976. The lowest BCUT2D eigenvalue weighted by Crippen LogP contribution is -2.13. The summed E-state index contributed by atoms with van der Waals surface area (Å²) in [5, 5.41) is 12.2. The van der Waals surface area contributed by atoms with Gasteiger partial charge in [-0.1, -0.05) is 11.6 Å². The van der Waals surface area contributed by atoms with Gasteiger partial charge in [-0.15, -0.1) is 0 Å². The number of nitriles is 1. The van der Waals surface area contributed by atoms with E-state index in [-0.39, 0.29) is 23.0 Å². The lowest BCUT2D eigenvalue weighted by Gasteiger charge is -2.10. The molecule has 0 spiro atoms. The number of nitrogens with one attached hydrogen (secondary N) is 1. The van der Waals surface area contributed by atoms with Crippen LogP contribution in [0, 0.1) is 11.3 Å². The molecule has 30 heavy (non-hydrogen) atoms. The number of benzene rings is 2. The van der Waals surface area contributed by atoms with Crippen molar-refractivity contribution in [3.05, 3.63) is 57.0 Å². The molecule has 9 heteroatoms. The summed E-state index contributed by atoms with van der Waals surface area (Å²) in [6.07, 6.45) is 1.39. The van der Waals surface area contributed by atoms with Crippen LogP contribution in [0.4, 0.5) is 5.69 Å². The highest BCUT2D eigenvalue weighted by Gasteiger charge is 2.14. The molecule has 2 rings (SSSR count). The molecular formula is C21H18BrClN2O5. The Morgan fingerprint density at radius 3 is 2.50 bits per heavy atom. The number of carbonyl (C=O) groups is 2. The van der Waals surface area contributed by atoms with Crippen molar-refractivity contribution >= 4 is 51.2 Å². The first-order valence-corrected chi connectivity index (χ1v) is 9.89. The van der Waals surface area contributed by atoms with E-state index >= 15 is 0 Å². The van der Waals surface area contributed by atoms with Gasteiger partial charge >= 0.3 is 5.97 Å². The summed E-state index contributed by atoms with van der Waals surface area (Å²) in [6.45, 7) is 2.11. The lowest BCUT2D eigenvalue weighted by molar-refractivity contribution is -0.142. The number of carbonyl (C=O) groups excluding carboxylic acids is 2. The molecule has 0 unspecified atom stereocenters. The van der Waals surface area contributed by atoms with Gasteiger partial charge in [0.05, 0.1) is 23.2 Å². The van der Waals surface area contributed by atoms with E-state index in [9.17, 15) is 14.9 Å². The van der Waals surface area contributed by atoms with Crippen molar-refractivity contribution in [2.75, 3.05) is 25.6 Å². The Morgan fingerprint density at radius 1 is 1.23 bits per heavy atom. The van der Waals surface area contributed by atoms with Gasteiger partial charge < -0.3 is 19.5 Å². The van der Waals surface area contributed by atoms with Gasteiger partial charge in [-0.2, -0.15) is 5.26 Å². The van der Waals surface area contributed by atoms with Crippen LogP contribution in [0.2, 0.25) is 5.02 Å². The standard InChI is InChI=1S/C21H18BrClN2O5/c1-3-29-16-6-4-15(5-7-16)25-21(27)14(11-24)8-13-9-17(22)20(18(23)10-13)30-12-19(26)28-2/h4-10H,3,12H2,1-2H3,(H,25,27)/b14-8-. The van der Waals surface area contributed by atoms with E-state index in [2.05, 4.69) is 26.0 Å². The first kappa shape index (κ1) is 23.3. The summed E-state index contributed by atoms with van der Waals surface area (Å²) in [5.41, 5.74) is 0.904. The Hall–Kier alpha value is -3.02.